The van der Waals surface area contributed by atoms with Crippen LogP contribution in [0.2, 0.25) is 5.02 Å². The van der Waals surface area contributed by atoms with Crippen molar-refractivity contribution in [3.05, 3.63) is 35.1 Å². The van der Waals surface area contributed by atoms with Gasteiger partial charge in [0.15, 0.2) is 0 Å². The number of carbonyl (C=O) groups excluding carboxylic acids is 1. The molecule has 14 heavy (non-hydrogen) atoms. The zero-order valence-corrected chi connectivity index (χ0v) is 8.08. The molecule has 1 aromatic carbocycles. The average molecular weight is 219 g/mol. The second kappa shape index (κ2) is 6.10. The van der Waals surface area contributed by atoms with Crippen molar-refractivity contribution in [2.45, 2.75) is 6.92 Å². The van der Waals surface area contributed by atoms with Gasteiger partial charge < -0.3 is 5.11 Å². The molecule has 1 rings (SSSR count). The summed E-state index contributed by atoms with van der Waals surface area (Å²) in [6, 6.07) is 5.82. The van der Waals surface area contributed by atoms with Gasteiger partial charge >= 0.3 is 5.97 Å². The summed E-state index contributed by atoms with van der Waals surface area (Å²) in [7, 11) is 0. The number of aliphatic carboxylic acids is 1. The van der Waals surface area contributed by atoms with Crippen LogP contribution in [0.4, 0.5) is 4.39 Å². The number of hydrogen-bond donors (Lipinski definition) is 1. The second-order valence-electron chi connectivity index (χ2n) is 2.30. The fraction of sp³-hybridized carbons (Fsp3) is 0.111. The topological polar surface area (TPSA) is 54.4 Å². The quantitative estimate of drug-likeness (QED) is 0.735. The Morgan fingerprint density at radius 2 is 1.93 bits per heavy atom. The Kier molecular flexibility index (Phi) is 5.48. The summed E-state index contributed by atoms with van der Waals surface area (Å²) < 4.78 is 12.1. The lowest BCUT2D eigenvalue weighted by atomic mass is 10.4. The van der Waals surface area contributed by atoms with Crippen molar-refractivity contribution in [3.63, 3.8) is 0 Å². The number of carbonyl (C=O) groups is 2. The average Bonchev–Trinajstić information content (AvgIpc) is 2.04. The Bertz CT molecular complexity index is 309. The van der Waals surface area contributed by atoms with Crippen molar-refractivity contribution in [3.8, 4) is 0 Å². The Balaban J connectivity index is 0.000000255. The van der Waals surface area contributed by atoms with Gasteiger partial charge in [-0.1, -0.05) is 17.7 Å². The largest absolute Gasteiger partial charge is 0.476 e. The minimum Gasteiger partial charge on any atom is -0.476 e. The summed E-state index contributed by atoms with van der Waals surface area (Å²) in [5.41, 5.74) is 0. The van der Waals surface area contributed by atoms with E-state index in [-0.39, 0.29) is 5.82 Å². The molecule has 0 fully saturated rings. The fourth-order valence-corrected chi connectivity index (χ4v) is 0.637. The van der Waals surface area contributed by atoms with Gasteiger partial charge in [0.1, 0.15) is 5.82 Å². The van der Waals surface area contributed by atoms with Crippen LogP contribution in [0.3, 0.4) is 0 Å². The number of rotatable bonds is 1. The van der Waals surface area contributed by atoms with Crippen molar-refractivity contribution in [1.29, 1.82) is 0 Å². The maximum atomic E-state index is 12.1. The summed E-state index contributed by atoms with van der Waals surface area (Å²) in [5, 5.41) is 8.08. The molecule has 0 aliphatic carbocycles. The van der Waals surface area contributed by atoms with Gasteiger partial charge in [0.05, 0.1) is 0 Å². The third-order valence-corrected chi connectivity index (χ3v) is 1.32. The van der Waals surface area contributed by atoms with Crippen LogP contribution in [-0.2, 0) is 9.59 Å². The van der Waals surface area contributed by atoms with E-state index < -0.39 is 11.8 Å². The SMILES string of the molecule is CC(=O)C(=O)O.Fc1cccc(Cl)c1. The van der Waals surface area contributed by atoms with Crippen LogP contribution in [0, 0.1) is 5.82 Å². The van der Waals surface area contributed by atoms with E-state index in [9.17, 15) is 14.0 Å². The second-order valence-corrected chi connectivity index (χ2v) is 2.74. The summed E-state index contributed by atoms with van der Waals surface area (Å²) in [5.74, 6) is -2.50. The first kappa shape index (κ1) is 12.6. The number of halogens is 2. The molecule has 76 valence electrons. The van der Waals surface area contributed by atoms with E-state index >= 15 is 0 Å². The summed E-state index contributed by atoms with van der Waals surface area (Å²) >= 11 is 5.40. The van der Waals surface area contributed by atoms with E-state index in [2.05, 4.69) is 0 Å². The van der Waals surface area contributed by atoms with E-state index in [1.807, 2.05) is 0 Å². The van der Waals surface area contributed by atoms with Crippen molar-refractivity contribution in [2.24, 2.45) is 0 Å². The summed E-state index contributed by atoms with van der Waals surface area (Å²) in [6.07, 6.45) is 0. The van der Waals surface area contributed by atoms with E-state index in [4.69, 9.17) is 16.7 Å². The molecule has 1 aromatic rings. The van der Waals surface area contributed by atoms with Gasteiger partial charge in [-0.3, -0.25) is 4.79 Å². The van der Waals surface area contributed by atoms with E-state index in [0.717, 1.165) is 6.92 Å². The first-order valence-electron chi connectivity index (χ1n) is 3.58. The lowest BCUT2D eigenvalue weighted by Gasteiger charge is -1.85. The third kappa shape index (κ3) is 6.14. The molecule has 0 atom stereocenters. The first-order chi connectivity index (χ1) is 6.43. The maximum absolute atomic E-state index is 12.1. The van der Waals surface area contributed by atoms with Crippen molar-refractivity contribution in [2.75, 3.05) is 0 Å². The predicted molar refractivity (Wildman–Crippen MR) is 49.7 cm³/mol. The van der Waals surface area contributed by atoms with Crippen LogP contribution in [-0.4, -0.2) is 16.9 Å². The van der Waals surface area contributed by atoms with Crippen LogP contribution in [0.25, 0.3) is 0 Å². The molecule has 5 heteroatoms. The molecule has 0 spiro atoms. The van der Waals surface area contributed by atoms with Crippen LogP contribution < -0.4 is 0 Å². The normalized spacial score (nSPS) is 8.50. The Labute approximate surface area is 85.1 Å². The monoisotopic (exact) mass is 218 g/mol. The number of hydrogen-bond acceptors (Lipinski definition) is 2. The molecular formula is C9H8ClFO3. The number of ketones is 1. The first-order valence-corrected chi connectivity index (χ1v) is 3.96. The lowest BCUT2D eigenvalue weighted by molar-refractivity contribution is -0.148. The van der Waals surface area contributed by atoms with Crippen LogP contribution >= 0.6 is 11.6 Å². The molecule has 0 aliphatic heterocycles. The zero-order valence-electron chi connectivity index (χ0n) is 7.33. The van der Waals surface area contributed by atoms with E-state index in [1.54, 1.807) is 12.1 Å². The van der Waals surface area contributed by atoms with E-state index in [1.165, 1.54) is 12.1 Å². The smallest absolute Gasteiger partial charge is 0.371 e. The van der Waals surface area contributed by atoms with Gasteiger partial charge in [-0.25, -0.2) is 9.18 Å². The molecule has 0 heterocycles. The predicted octanol–water partition coefficient (Wildman–Crippen LogP) is 2.14. The molecule has 0 aliphatic rings. The van der Waals surface area contributed by atoms with Gasteiger partial charge in [0.25, 0.3) is 0 Å². The molecular weight excluding hydrogens is 211 g/mol. The van der Waals surface area contributed by atoms with Crippen molar-refractivity contribution >= 4 is 23.4 Å². The van der Waals surface area contributed by atoms with Crippen molar-refractivity contribution < 1.29 is 19.1 Å². The third-order valence-electron chi connectivity index (χ3n) is 1.09. The minimum absolute atomic E-state index is 0.294. The van der Waals surface area contributed by atoms with Crippen LogP contribution in [0.1, 0.15) is 6.92 Å². The highest BCUT2D eigenvalue weighted by atomic mass is 35.5. The molecule has 3 nitrogen and oxygen atoms in total. The molecule has 0 aromatic heterocycles. The summed E-state index contributed by atoms with van der Waals surface area (Å²) in [4.78, 5) is 18.9. The molecule has 0 saturated carbocycles. The van der Waals surface area contributed by atoms with Gasteiger partial charge in [-0.15, -0.1) is 0 Å². The molecule has 0 amide bonds. The van der Waals surface area contributed by atoms with Crippen molar-refractivity contribution in [1.82, 2.24) is 0 Å². The van der Waals surface area contributed by atoms with Crippen LogP contribution in [0.15, 0.2) is 24.3 Å². The molecule has 1 N–H and O–H groups in total. The number of carboxylic acids is 1. The molecule has 0 radical (unpaired) electrons. The number of carboxylic acid groups (broad SMARTS) is 1. The maximum Gasteiger partial charge on any atom is 0.371 e. The standard InChI is InChI=1S/C6H4ClF.C3H4O3/c7-5-2-1-3-6(8)4-5;1-2(4)3(5)6/h1-4H;1H3,(H,5,6). The van der Waals surface area contributed by atoms with Gasteiger partial charge in [0, 0.05) is 11.9 Å². The lowest BCUT2D eigenvalue weighted by Crippen LogP contribution is -2.05. The molecule has 0 unspecified atom stereocenters. The molecule has 0 bridgehead atoms. The highest BCUT2D eigenvalue weighted by Gasteiger charge is 1.98. The van der Waals surface area contributed by atoms with Gasteiger partial charge in [0.2, 0.25) is 5.78 Å². The Morgan fingerprint density at radius 3 is 2.14 bits per heavy atom. The molecule has 0 saturated heterocycles. The van der Waals surface area contributed by atoms with Crippen LogP contribution in [0.5, 0.6) is 0 Å². The number of Topliss-reactive ketones (excluding diaryl/α,β-unsaturated/α-hetero) is 1. The number of benzene rings is 1. The minimum atomic E-state index is -1.38. The van der Waals surface area contributed by atoms with E-state index in [0.29, 0.717) is 5.02 Å². The summed E-state index contributed by atoms with van der Waals surface area (Å²) in [6.45, 7) is 1.00. The Morgan fingerprint density at radius 1 is 1.43 bits per heavy atom. The Hall–Kier alpha value is -1.42. The highest BCUT2D eigenvalue weighted by Crippen LogP contribution is 2.07. The highest BCUT2D eigenvalue weighted by molar-refractivity contribution is 6.31. The zero-order chi connectivity index (χ0) is 11.1. The van der Waals surface area contributed by atoms with Gasteiger partial charge in [-0.05, 0) is 18.2 Å². The van der Waals surface area contributed by atoms with Gasteiger partial charge in [-0.2, -0.15) is 0 Å². The fourth-order valence-electron chi connectivity index (χ4n) is 0.460.